The van der Waals surface area contributed by atoms with E-state index in [0.29, 0.717) is 0 Å². The van der Waals surface area contributed by atoms with E-state index in [-0.39, 0.29) is 0 Å². The van der Waals surface area contributed by atoms with Crippen molar-refractivity contribution in [3.8, 4) is 5.75 Å². The van der Waals surface area contributed by atoms with Crippen LogP contribution in [0.3, 0.4) is 0 Å². The first-order chi connectivity index (χ1) is 7.83. The Balaban J connectivity index is 2.01. The van der Waals surface area contributed by atoms with Crippen LogP contribution in [0.25, 0.3) is 0 Å². The van der Waals surface area contributed by atoms with Gasteiger partial charge in [0.1, 0.15) is 5.75 Å². The van der Waals surface area contributed by atoms with Crippen molar-refractivity contribution >= 4 is 12.6 Å². The van der Waals surface area contributed by atoms with Crippen molar-refractivity contribution in [1.29, 1.82) is 0 Å². The van der Waals surface area contributed by atoms with E-state index in [9.17, 15) is 0 Å². The summed E-state index contributed by atoms with van der Waals surface area (Å²) < 4.78 is 5.63. The van der Waals surface area contributed by atoms with E-state index >= 15 is 0 Å². The summed E-state index contributed by atoms with van der Waals surface area (Å²) in [6.07, 6.45) is 7.82. The van der Waals surface area contributed by atoms with Crippen LogP contribution in [0, 0.1) is 0 Å². The minimum Gasteiger partial charge on any atom is -0.494 e. The fraction of sp³-hybridized carbons (Fsp3) is 0.571. The number of ether oxygens (including phenoxy) is 1. The lowest BCUT2D eigenvalue weighted by molar-refractivity contribution is 0.304. The fourth-order valence-corrected chi connectivity index (χ4v) is 1.76. The Morgan fingerprint density at radius 3 is 2.25 bits per heavy atom. The SMILES string of the molecule is CCCCCCCCOc1ccc(S)cc1. The number of thiol groups is 1. The largest absolute Gasteiger partial charge is 0.494 e. The lowest BCUT2D eigenvalue weighted by Gasteiger charge is -2.06. The molecule has 0 fully saturated rings. The van der Waals surface area contributed by atoms with E-state index in [1.807, 2.05) is 24.3 Å². The van der Waals surface area contributed by atoms with Crippen LogP contribution in [0.4, 0.5) is 0 Å². The highest BCUT2D eigenvalue weighted by Crippen LogP contribution is 2.15. The van der Waals surface area contributed by atoms with Gasteiger partial charge in [-0.2, -0.15) is 0 Å². The zero-order valence-electron chi connectivity index (χ0n) is 10.1. The van der Waals surface area contributed by atoms with Gasteiger partial charge in [-0.3, -0.25) is 0 Å². The Morgan fingerprint density at radius 2 is 1.56 bits per heavy atom. The average Bonchev–Trinajstić information content (AvgIpc) is 2.30. The summed E-state index contributed by atoms with van der Waals surface area (Å²) in [6, 6.07) is 7.86. The molecule has 1 aromatic rings. The molecule has 0 unspecified atom stereocenters. The normalized spacial score (nSPS) is 10.4. The quantitative estimate of drug-likeness (QED) is 0.509. The van der Waals surface area contributed by atoms with Crippen molar-refractivity contribution in [2.45, 2.75) is 50.3 Å². The van der Waals surface area contributed by atoms with Gasteiger partial charge in [-0.15, -0.1) is 12.6 Å². The Hall–Kier alpha value is -0.630. The molecule has 0 aliphatic heterocycles. The second-order valence-electron chi connectivity index (χ2n) is 4.11. The lowest BCUT2D eigenvalue weighted by Crippen LogP contribution is -1.96. The van der Waals surface area contributed by atoms with Crippen LogP contribution >= 0.6 is 12.6 Å². The van der Waals surface area contributed by atoms with Gasteiger partial charge in [-0.25, -0.2) is 0 Å². The fourth-order valence-electron chi connectivity index (χ4n) is 1.61. The minimum absolute atomic E-state index is 0.831. The Labute approximate surface area is 105 Å². The highest BCUT2D eigenvalue weighted by atomic mass is 32.1. The van der Waals surface area contributed by atoms with Gasteiger partial charge in [-0.1, -0.05) is 39.0 Å². The van der Waals surface area contributed by atoms with Gasteiger partial charge >= 0.3 is 0 Å². The Morgan fingerprint density at radius 1 is 0.938 bits per heavy atom. The van der Waals surface area contributed by atoms with E-state index in [1.165, 1.54) is 32.1 Å². The first-order valence-electron chi connectivity index (χ1n) is 6.24. The maximum atomic E-state index is 5.63. The molecule has 0 spiro atoms. The Bertz CT molecular complexity index is 269. The molecule has 0 N–H and O–H groups in total. The lowest BCUT2D eigenvalue weighted by atomic mass is 10.1. The third kappa shape index (κ3) is 6.06. The third-order valence-corrected chi connectivity index (χ3v) is 2.90. The van der Waals surface area contributed by atoms with Crippen molar-refractivity contribution in [3.05, 3.63) is 24.3 Å². The van der Waals surface area contributed by atoms with E-state index < -0.39 is 0 Å². The second kappa shape index (κ2) is 8.51. The van der Waals surface area contributed by atoms with Gasteiger partial charge in [0.05, 0.1) is 6.61 Å². The molecular weight excluding hydrogens is 216 g/mol. The van der Waals surface area contributed by atoms with Gasteiger partial charge in [0.25, 0.3) is 0 Å². The molecule has 16 heavy (non-hydrogen) atoms. The van der Waals surface area contributed by atoms with Crippen LogP contribution in [-0.4, -0.2) is 6.61 Å². The van der Waals surface area contributed by atoms with Crippen LogP contribution in [0.15, 0.2) is 29.2 Å². The molecule has 2 heteroatoms. The molecule has 1 aromatic carbocycles. The van der Waals surface area contributed by atoms with Gasteiger partial charge in [0, 0.05) is 4.90 Å². The molecule has 0 saturated heterocycles. The molecule has 0 aromatic heterocycles. The van der Waals surface area contributed by atoms with Crippen LogP contribution < -0.4 is 4.74 Å². The summed E-state index contributed by atoms with van der Waals surface area (Å²) in [4.78, 5) is 0.979. The molecule has 0 amide bonds. The van der Waals surface area contributed by atoms with Crippen molar-refractivity contribution in [2.75, 3.05) is 6.61 Å². The minimum atomic E-state index is 0.831. The molecule has 0 bridgehead atoms. The summed E-state index contributed by atoms with van der Waals surface area (Å²) in [5, 5.41) is 0. The van der Waals surface area contributed by atoms with Crippen molar-refractivity contribution in [2.24, 2.45) is 0 Å². The Kier molecular flexibility index (Phi) is 7.15. The first kappa shape index (κ1) is 13.4. The molecule has 0 atom stereocenters. The molecule has 1 rings (SSSR count). The molecule has 1 nitrogen and oxygen atoms in total. The maximum absolute atomic E-state index is 5.63. The average molecular weight is 238 g/mol. The number of rotatable bonds is 8. The summed E-state index contributed by atoms with van der Waals surface area (Å²) in [5.41, 5.74) is 0. The van der Waals surface area contributed by atoms with Gasteiger partial charge < -0.3 is 4.74 Å². The first-order valence-corrected chi connectivity index (χ1v) is 6.69. The summed E-state index contributed by atoms with van der Waals surface area (Å²) >= 11 is 4.23. The highest BCUT2D eigenvalue weighted by molar-refractivity contribution is 7.80. The van der Waals surface area contributed by atoms with E-state index in [0.717, 1.165) is 23.7 Å². The highest BCUT2D eigenvalue weighted by Gasteiger charge is 1.94. The van der Waals surface area contributed by atoms with E-state index in [2.05, 4.69) is 19.6 Å². The second-order valence-corrected chi connectivity index (χ2v) is 4.63. The molecule has 0 heterocycles. The molecule has 0 aliphatic carbocycles. The van der Waals surface area contributed by atoms with E-state index in [4.69, 9.17) is 4.74 Å². The van der Waals surface area contributed by atoms with Crippen molar-refractivity contribution in [3.63, 3.8) is 0 Å². The molecular formula is C14H22OS. The van der Waals surface area contributed by atoms with Gasteiger partial charge in [-0.05, 0) is 30.7 Å². The molecule has 0 aliphatic rings. The number of benzene rings is 1. The summed E-state index contributed by atoms with van der Waals surface area (Å²) in [6.45, 7) is 3.08. The number of unbranched alkanes of at least 4 members (excludes halogenated alkanes) is 5. The van der Waals surface area contributed by atoms with Crippen LogP contribution in [-0.2, 0) is 0 Å². The third-order valence-electron chi connectivity index (χ3n) is 2.60. The zero-order chi connectivity index (χ0) is 11.6. The van der Waals surface area contributed by atoms with Gasteiger partial charge in [0.15, 0.2) is 0 Å². The number of hydrogen-bond acceptors (Lipinski definition) is 2. The number of hydrogen-bond donors (Lipinski definition) is 1. The predicted octanol–water partition coefficient (Wildman–Crippen LogP) is 4.71. The van der Waals surface area contributed by atoms with E-state index in [1.54, 1.807) is 0 Å². The maximum Gasteiger partial charge on any atom is 0.119 e. The molecule has 0 saturated carbocycles. The predicted molar refractivity (Wildman–Crippen MR) is 72.6 cm³/mol. The zero-order valence-corrected chi connectivity index (χ0v) is 11.0. The van der Waals surface area contributed by atoms with Crippen LogP contribution in [0.2, 0.25) is 0 Å². The summed E-state index contributed by atoms with van der Waals surface area (Å²) in [7, 11) is 0. The smallest absolute Gasteiger partial charge is 0.119 e. The van der Waals surface area contributed by atoms with Crippen molar-refractivity contribution in [1.82, 2.24) is 0 Å². The summed E-state index contributed by atoms with van der Waals surface area (Å²) in [5.74, 6) is 0.950. The van der Waals surface area contributed by atoms with Crippen LogP contribution in [0.5, 0.6) is 5.75 Å². The van der Waals surface area contributed by atoms with Crippen molar-refractivity contribution < 1.29 is 4.74 Å². The van der Waals surface area contributed by atoms with Crippen LogP contribution in [0.1, 0.15) is 45.4 Å². The molecule has 0 radical (unpaired) electrons. The monoisotopic (exact) mass is 238 g/mol. The molecule has 90 valence electrons. The topological polar surface area (TPSA) is 9.23 Å². The standard InChI is InChI=1S/C14H22OS/c1-2-3-4-5-6-7-12-15-13-8-10-14(16)11-9-13/h8-11,16H,2-7,12H2,1H3. The van der Waals surface area contributed by atoms with Gasteiger partial charge in [0.2, 0.25) is 0 Å².